The van der Waals surface area contributed by atoms with Crippen LogP contribution in [-0.2, 0) is 10.3 Å². The van der Waals surface area contributed by atoms with Crippen LogP contribution in [0.15, 0.2) is 18.3 Å². The molecule has 3 N–H and O–H groups in total. The van der Waals surface area contributed by atoms with E-state index in [9.17, 15) is 18.7 Å². The van der Waals surface area contributed by atoms with Crippen LogP contribution in [-0.4, -0.2) is 46.0 Å². The molecule has 1 aliphatic rings. The molecule has 2 atom stereocenters. The maximum absolute atomic E-state index is 13.5. The third-order valence-corrected chi connectivity index (χ3v) is 3.84. The molecule has 1 amide bonds. The van der Waals surface area contributed by atoms with Gasteiger partial charge >= 0.3 is 0 Å². The first-order chi connectivity index (χ1) is 9.18. The van der Waals surface area contributed by atoms with E-state index in [0.29, 0.717) is 5.02 Å². The quantitative estimate of drug-likeness (QED) is 0.863. The zero-order chi connectivity index (χ0) is 15.1. The molecule has 1 fully saturated rings. The smallest absolute Gasteiger partial charge is 0.287 e. The molecule has 110 valence electrons. The second-order valence-corrected chi connectivity index (χ2v) is 5.39. The van der Waals surface area contributed by atoms with Gasteiger partial charge in [0, 0.05) is 12.7 Å². The second kappa shape index (κ2) is 4.91. The van der Waals surface area contributed by atoms with E-state index < -0.39 is 30.0 Å². The van der Waals surface area contributed by atoms with E-state index in [1.807, 2.05) is 0 Å². The molecule has 0 bridgehead atoms. The van der Waals surface area contributed by atoms with E-state index >= 15 is 0 Å². The van der Waals surface area contributed by atoms with E-state index in [1.165, 1.54) is 25.3 Å². The van der Waals surface area contributed by atoms with Gasteiger partial charge in [0.25, 0.3) is 5.92 Å². The molecular weight excluding hydrogens is 292 g/mol. The predicted molar refractivity (Wildman–Crippen MR) is 68.3 cm³/mol. The highest BCUT2D eigenvalue weighted by molar-refractivity contribution is 6.30. The zero-order valence-corrected chi connectivity index (χ0v) is 11.4. The average molecular weight is 306 g/mol. The molecule has 0 radical (unpaired) electrons. The van der Waals surface area contributed by atoms with Gasteiger partial charge in [-0.1, -0.05) is 11.6 Å². The molecular formula is C12H14ClF2N3O2. The molecule has 8 heteroatoms. The van der Waals surface area contributed by atoms with Crippen molar-refractivity contribution in [3.8, 4) is 0 Å². The van der Waals surface area contributed by atoms with E-state index in [-0.39, 0.29) is 12.2 Å². The highest BCUT2D eigenvalue weighted by Crippen LogP contribution is 2.36. The third-order valence-electron chi connectivity index (χ3n) is 3.62. The maximum atomic E-state index is 13.5. The number of aliphatic hydroxyl groups excluding tert-OH is 1. The molecule has 1 aliphatic heterocycles. The number of primary amides is 1. The monoisotopic (exact) mass is 305 g/mol. The number of carbonyl (C=O) groups is 1. The van der Waals surface area contributed by atoms with Crippen LogP contribution in [0, 0.1) is 0 Å². The highest BCUT2D eigenvalue weighted by atomic mass is 35.5. The van der Waals surface area contributed by atoms with Gasteiger partial charge in [0.05, 0.1) is 17.3 Å². The van der Waals surface area contributed by atoms with Crippen LogP contribution < -0.4 is 5.73 Å². The summed E-state index contributed by atoms with van der Waals surface area (Å²) in [5, 5.41) is 9.73. The summed E-state index contributed by atoms with van der Waals surface area (Å²) in [7, 11) is 0. The number of nitrogens with zero attached hydrogens (tertiary/aromatic N) is 2. The molecule has 0 spiro atoms. The van der Waals surface area contributed by atoms with Gasteiger partial charge in [-0.3, -0.25) is 14.7 Å². The van der Waals surface area contributed by atoms with Gasteiger partial charge in [-0.05, 0) is 19.1 Å². The fraction of sp³-hybridized carbons (Fsp3) is 0.500. The second-order valence-electron chi connectivity index (χ2n) is 4.96. The Kier molecular flexibility index (Phi) is 3.70. The van der Waals surface area contributed by atoms with Crippen LogP contribution in [0.1, 0.15) is 12.6 Å². The van der Waals surface area contributed by atoms with Gasteiger partial charge in [0.15, 0.2) is 0 Å². The molecule has 2 heterocycles. The topological polar surface area (TPSA) is 79.5 Å². The van der Waals surface area contributed by atoms with E-state index in [0.717, 1.165) is 4.90 Å². The Labute approximate surface area is 119 Å². The van der Waals surface area contributed by atoms with Crippen LogP contribution in [0.3, 0.4) is 0 Å². The molecule has 1 saturated heterocycles. The number of amides is 1. The molecule has 0 aromatic carbocycles. The van der Waals surface area contributed by atoms with Crippen LogP contribution in [0.2, 0.25) is 5.02 Å². The number of carbonyl (C=O) groups excluding carboxylic acids is 1. The average Bonchev–Trinajstić information content (AvgIpc) is 2.64. The van der Waals surface area contributed by atoms with Crippen molar-refractivity contribution in [3.63, 3.8) is 0 Å². The minimum Gasteiger partial charge on any atom is -0.385 e. The number of rotatable bonds is 3. The van der Waals surface area contributed by atoms with Gasteiger partial charge in [0.1, 0.15) is 11.6 Å². The molecule has 0 aliphatic carbocycles. The Bertz CT molecular complexity index is 526. The summed E-state index contributed by atoms with van der Waals surface area (Å²) in [5.41, 5.74) is 4.05. The number of hydrogen-bond donors (Lipinski definition) is 2. The summed E-state index contributed by atoms with van der Waals surface area (Å²) in [5.74, 6) is -4.11. The van der Waals surface area contributed by atoms with Crippen molar-refractivity contribution in [1.82, 2.24) is 9.88 Å². The number of hydrogen-bond acceptors (Lipinski definition) is 4. The molecule has 1 unspecified atom stereocenters. The largest absolute Gasteiger partial charge is 0.385 e. The summed E-state index contributed by atoms with van der Waals surface area (Å²) in [6.45, 7) is 0.272. The first kappa shape index (κ1) is 15.1. The van der Waals surface area contributed by atoms with Crippen molar-refractivity contribution < 1.29 is 18.7 Å². The van der Waals surface area contributed by atoms with Crippen molar-refractivity contribution in [1.29, 1.82) is 0 Å². The lowest BCUT2D eigenvalue weighted by molar-refractivity contribution is -0.130. The van der Waals surface area contributed by atoms with Crippen molar-refractivity contribution in [2.75, 3.05) is 13.1 Å². The molecule has 20 heavy (non-hydrogen) atoms. The maximum Gasteiger partial charge on any atom is 0.287 e. The van der Waals surface area contributed by atoms with Gasteiger partial charge in [-0.2, -0.15) is 0 Å². The lowest BCUT2D eigenvalue weighted by atomic mass is 9.94. The lowest BCUT2D eigenvalue weighted by Crippen LogP contribution is -2.53. The SMILES string of the molecule is CC(C(N)=O)(c1ccc(Cl)cn1)N1C[C@H](O)C(F)(F)C1. The van der Waals surface area contributed by atoms with Gasteiger partial charge < -0.3 is 10.8 Å². The summed E-state index contributed by atoms with van der Waals surface area (Å²) in [4.78, 5) is 16.9. The van der Waals surface area contributed by atoms with Crippen LogP contribution in [0.5, 0.6) is 0 Å². The van der Waals surface area contributed by atoms with Crippen molar-refractivity contribution in [2.24, 2.45) is 5.73 Å². The number of β-amino-alcohol motifs (C(OH)–C–C–N with tert-alkyl or cyclic N) is 1. The first-order valence-electron chi connectivity index (χ1n) is 5.91. The number of aromatic nitrogens is 1. The van der Waals surface area contributed by atoms with E-state index in [2.05, 4.69) is 4.98 Å². The number of nitrogens with two attached hydrogens (primary N) is 1. The van der Waals surface area contributed by atoms with Gasteiger partial charge in [0.2, 0.25) is 5.91 Å². The Morgan fingerprint density at radius 3 is 2.70 bits per heavy atom. The van der Waals surface area contributed by atoms with Crippen LogP contribution >= 0.6 is 11.6 Å². The molecule has 5 nitrogen and oxygen atoms in total. The normalized spacial score (nSPS) is 25.4. The number of aliphatic hydroxyl groups is 1. The predicted octanol–water partition coefficient (Wildman–Crippen LogP) is 0.747. The van der Waals surface area contributed by atoms with Crippen molar-refractivity contribution in [3.05, 3.63) is 29.0 Å². The van der Waals surface area contributed by atoms with Crippen LogP contribution in [0.4, 0.5) is 8.78 Å². The Morgan fingerprint density at radius 1 is 1.65 bits per heavy atom. The van der Waals surface area contributed by atoms with E-state index in [1.54, 1.807) is 0 Å². The lowest BCUT2D eigenvalue weighted by Gasteiger charge is -2.35. The number of likely N-dealkylation sites (tertiary alicyclic amines) is 1. The molecule has 1 aromatic rings. The first-order valence-corrected chi connectivity index (χ1v) is 6.28. The third kappa shape index (κ3) is 2.36. The van der Waals surface area contributed by atoms with Gasteiger partial charge in [-0.15, -0.1) is 0 Å². The number of alkyl halides is 2. The minimum absolute atomic E-state index is 0.208. The minimum atomic E-state index is -3.29. The highest BCUT2D eigenvalue weighted by Gasteiger charge is 2.54. The Morgan fingerprint density at radius 2 is 2.30 bits per heavy atom. The summed E-state index contributed by atoms with van der Waals surface area (Å²) < 4.78 is 27.0. The fourth-order valence-corrected chi connectivity index (χ4v) is 2.33. The number of pyridine rings is 1. The molecule has 2 rings (SSSR count). The van der Waals surface area contributed by atoms with Crippen LogP contribution in [0.25, 0.3) is 0 Å². The zero-order valence-electron chi connectivity index (χ0n) is 10.7. The standard InChI is InChI=1S/C12H14ClF2N3O2/c1-11(10(16)20,8-3-2-7(13)4-17-8)18-5-9(19)12(14,15)6-18/h2-4,9,19H,5-6H2,1H3,(H2,16,20)/t9-,11?/m0/s1. The van der Waals surface area contributed by atoms with Crippen molar-refractivity contribution in [2.45, 2.75) is 24.5 Å². The van der Waals surface area contributed by atoms with Crippen molar-refractivity contribution >= 4 is 17.5 Å². The summed E-state index contributed by atoms with van der Waals surface area (Å²) in [6.07, 6.45) is -0.531. The Hall–Kier alpha value is -1.31. The Balaban J connectivity index is 2.41. The number of halogens is 3. The molecule has 1 aromatic heterocycles. The van der Waals surface area contributed by atoms with Gasteiger partial charge in [-0.25, -0.2) is 8.78 Å². The summed E-state index contributed by atoms with van der Waals surface area (Å²) in [6, 6.07) is 2.95. The summed E-state index contributed by atoms with van der Waals surface area (Å²) >= 11 is 5.72. The molecule has 0 saturated carbocycles. The van der Waals surface area contributed by atoms with E-state index in [4.69, 9.17) is 17.3 Å². The fourth-order valence-electron chi connectivity index (χ4n) is 2.22.